The predicted molar refractivity (Wildman–Crippen MR) is 112 cm³/mol. The highest BCUT2D eigenvalue weighted by Crippen LogP contribution is 2.37. The van der Waals surface area contributed by atoms with Gasteiger partial charge in [-0.25, -0.2) is 8.42 Å². The van der Waals surface area contributed by atoms with Gasteiger partial charge in [0.05, 0.1) is 22.3 Å². The van der Waals surface area contributed by atoms with Crippen LogP contribution in [0.4, 0.5) is 24.5 Å². The van der Waals surface area contributed by atoms with E-state index in [1.165, 1.54) is 19.1 Å². The molecule has 1 heterocycles. The van der Waals surface area contributed by atoms with E-state index in [1.54, 1.807) is 12.1 Å². The van der Waals surface area contributed by atoms with Crippen LogP contribution in [0.25, 0.3) is 0 Å². The Morgan fingerprint density at radius 1 is 1.12 bits per heavy atom. The number of amides is 1. The molecule has 0 fully saturated rings. The van der Waals surface area contributed by atoms with Crippen LogP contribution in [0.15, 0.2) is 58.1 Å². The number of carbonyl (C=O) groups excluding carboxylic acids is 1. The van der Waals surface area contributed by atoms with Crippen molar-refractivity contribution in [1.82, 2.24) is 5.16 Å². The molecule has 3 rings (SSSR count). The largest absolute Gasteiger partial charge is 0.418 e. The van der Waals surface area contributed by atoms with E-state index >= 15 is 0 Å². The maximum atomic E-state index is 13.6. The van der Waals surface area contributed by atoms with Gasteiger partial charge in [0.1, 0.15) is 11.3 Å². The molecule has 0 saturated carbocycles. The fourth-order valence-electron chi connectivity index (χ4n) is 2.99. The second-order valence-electron chi connectivity index (χ2n) is 7.01. The minimum absolute atomic E-state index is 0.0647. The SMILES string of the molecule is CCCc1ccc(S(=O)(=O)Nc2ccc(NC(=O)c3cnoc3C)cc2C(F)(F)F)cc1. The third-order valence-electron chi connectivity index (χ3n) is 4.59. The highest BCUT2D eigenvalue weighted by atomic mass is 32.2. The Morgan fingerprint density at radius 2 is 1.81 bits per heavy atom. The first kappa shape index (κ1) is 23.3. The number of halogens is 3. The number of nitrogens with zero attached hydrogens (tertiary/aromatic N) is 1. The molecular weight excluding hydrogens is 447 g/mol. The third-order valence-corrected chi connectivity index (χ3v) is 5.98. The molecule has 0 spiro atoms. The minimum Gasteiger partial charge on any atom is -0.361 e. The smallest absolute Gasteiger partial charge is 0.361 e. The van der Waals surface area contributed by atoms with Crippen molar-refractivity contribution in [3.05, 3.63) is 71.1 Å². The normalized spacial score (nSPS) is 11.9. The summed E-state index contributed by atoms with van der Waals surface area (Å²) in [5, 5.41) is 5.77. The van der Waals surface area contributed by atoms with E-state index in [1.807, 2.05) is 11.6 Å². The van der Waals surface area contributed by atoms with E-state index in [0.717, 1.165) is 36.7 Å². The van der Waals surface area contributed by atoms with E-state index in [0.29, 0.717) is 6.07 Å². The summed E-state index contributed by atoms with van der Waals surface area (Å²) in [6.07, 6.45) is -2.10. The first-order chi connectivity index (χ1) is 15.0. The third kappa shape index (κ3) is 5.28. The lowest BCUT2D eigenvalue weighted by Gasteiger charge is -2.16. The Morgan fingerprint density at radius 3 is 2.38 bits per heavy atom. The number of carbonyl (C=O) groups is 1. The van der Waals surface area contributed by atoms with Gasteiger partial charge in [0.25, 0.3) is 15.9 Å². The van der Waals surface area contributed by atoms with Gasteiger partial charge in [0, 0.05) is 5.69 Å². The molecule has 0 saturated heterocycles. The number of aromatic nitrogens is 1. The Kier molecular flexibility index (Phi) is 6.58. The molecule has 1 aromatic heterocycles. The van der Waals surface area contributed by atoms with Gasteiger partial charge in [-0.2, -0.15) is 13.2 Å². The Labute approximate surface area is 182 Å². The molecule has 2 aromatic carbocycles. The van der Waals surface area contributed by atoms with Crippen molar-refractivity contribution in [2.24, 2.45) is 0 Å². The average Bonchev–Trinajstić information content (AvgIpc) is 3.15. The van der Waals surface area contributed by atoms with Crippen molar-refractivity contribution < 1.29 is 30.9 Å². The lowest BCUT2D eigenvalue weighted by Crippen LogP contribution is -2.18. The number of aryl methyl sites for hydroxylation is 2. The number of alkyl halides is 3. The van der Waals surface area contributed by atoms with Crippen LogP contribution in [0.2, 0.25) is 0 Å². The van der Waals surface area contributed by atoms with Gasteiger partial charge < -0.3 is 9.84 Å². The van der Waals surface area contributed by atoms with Crippen molar-refractivity contribution in [3.63, 3.8) is 0 Å². The van der Waals surface area contributed by atoms with Crippen LogP contribution >= 0.6 is 0 Å². The zero-order valence-corrected chi connectivity index (χ0v) is 18.0. The van der Waals surface area contributed by atoms with Crippen LogP contribution in [-0.4, -0.2) is 19.5 Å². The van der Waals surface area contributed by atoms with Gasteiger partial charge in [-0.1, -0.05) is 30.6 Å². The van der Waals surface area contributed by atoms with Crippen molar-refractivity contribution in [1.29, 1.82) is 0 Å². The summed E-state index contributed by atoms with van der Waals surface area (Å²) < 4.78 is 73.0. The molecule has 170 valence electrons. The molecule has 0 radical (unpaired) electrons. The molecule has 0 bridgehead atoms. The number of nitrogens with one attached hydrogen (secondary N) is 2. The standard InChI is InChI=1S/C21H20F3N3O4S/c1-3-4-14-5-8-16(9-6-14)32(29,30)27-19-10-7-15(11-18(19)21(22,23)24)26-20(28)17-12-25-31-13(17)2/h5-12,27H,3-4H2,1-2H3,(H,26,28). The summed E-state index contributed by atoms with van der Waals surface area (Å²) >= 11 is 0. The minimum atomic E-state index is -4.88. The van der Waals surface area contributed by atoms with Crippen LogP contribution in [0.1, 0.15) is 40.6 Å². The quantitative estimate of drug-likeness (QED) is 0.509. The molecule has 0 aliphatic rings. The molecule has 32 heavy (non-hydrogen) atoms. The molecule has 11 heteroatoms. The molecule has 7 nitrogen and oxygen atoms in total. The van der Waals surface area contributed by atoms with Crippen LogP contribution < -0.4 is 10.0 Å². The van der Waals surface area contributed by atoms with E-state index in [9.17, 15) is 26.4 Å². The lowest BCUT2D eigenvalue weighted by molar-refractivity contribution is -0.136. The van der Waals surface area contributed by atoms with Crippen LogP contribution in [0, 0.1) is 6.92 Å². The molecule has 1 amide bonds. The van der Waals surface area contributed by atoms with E-state index in [4.69, 9.17) is 4.52 Å². The number of benzene rings is 2. The van der Waals surface area contributed by atoms with E-state index in [-0.39, 0.29) is 21.9 Å². The zero-order chi connectivity index (χ0) is 23.5. The van der Waals surface area contributed by atoms with Gasteiger partial charge >= 0.3 is 6.18 Å². The van der Waals surface area contributed by atoms with Gasteiger partial charge in [0.15, 0.2) is 0 Å². The van der Waals surface area contributed by atoms with Crippen molar-refractivity contribution in [3.8, 4) is 0 Å². The van der Waals surface area contributed by atoms with Crippen molar-refractivity contribution in [2.75, 3.05) is 10.0 Å². The van der Waals surface area contributed by atoms with Crippen molar-refractivity contribution in [2.45, 2.75) is 37.8 Å². The second-order valence-corrected chi connectivity index (χ2v) is 8.69. The summed E-state index contributed by atoms with van der Waals surface area (Å²) in [5.74, 6) is -0.509. The van der Waals surface area contributed by atoms with Gasteiger partial charge in [0.2, 0.25) is 0 Å². The Bertz CT molecular complexity index is 1220. The zero-order valence-electron chi connectivity index (χ0n) is 17.2. The molecule has 2 N–H and O–H groups in total. The average molecular weight is 467 g/mol. The molecule has 3 aromatic rings. The fourth-order valence-corrected chi connectivity index (χ4v) is 4.07. The number of anilines is 2. The molecular formula is C21H20F3N3O4S. The van der Waals surface area contributed by atoms with Crippen LogP contribution in [0.3, 0.4) is 0 Å². The predicted octanol–water partition coefficient (Wildman–Crippen LogP) is 5.01. The van der Waals surface area contributed by atoms with Crippen molar-refractivity contribution >= 4 is 27.3 Å². The Balaban J connectivity index is 1.89. The second kappa shape index (κ2) is 9.03. The fraction of sp³-hybridized carbons (Fsp3) is 0.238. The van der Waals surface area contributed by atoms with Gasteiger partial charge in [-0.15, -0.1) is 0 Å². The highest BCUT2D eigenvalue weighted by Gasteiger charge is 2.35. The molecule has 0 aliphatic heterocycles. The topological polar surface area (TPSA) is 101 Å². The first-order valence-electron chi connectivity index (χ1n) is 9.57. The maximum absolute atomic E-state index is 13.6. The summed E-state index contributed by atoms with van der Waals surface area (Å²) in [6, 6.07) is 8.69. The summed E-state index contributed by atoms with van der Waals surface area (Å²) in [6.45, 7) is 3.46. The summed E-state index contributed by atoms with van der Waals surface area (Å²) in [5.41, 5.74) is -1.09. The summed E-state index contributed by atoms with van der Waals surface area (Å²) in [7, 11) is -4.26. The monoisotopic (exact) mass is 467 g/mol. The highest BCUT2D eigenvalue weighted by molar-refractivity contribution is 7.92. The Hall–Kier alpha value is -3.34. The van der Waals surface area contributed by atoms with Gasteiger partial charge in [-0.3, -0.25) is 9.52 Å². The number of hydrogen-bond acceptors (Lipinski definition) is 5. The lowest BCUT2D eigenvalue weighted by atomic mass is 10.1. The summed E-state index contributed by atoms with van der Waals surface area (Å²) in [4.78, 5) is 12.1. The van der Waals surface area contributed by atoms with Crippen LogP contribution in [-0.2, 0) is 22.6 Å². The number of sulfonamides is 1. The van der Waals surface area contributed by atoms with Gasteiger partial charge in [-0.05, 0) is 49.2 Å². The maximum Gasteiger partial charge on any atom is 0.418 e. The number of hydrogen-bond donors (Lipinski definition) is 2. The molecule has 0 atom stereocenters. The molecule has 0 unspecified atom stereocenters. The van der Waals surface area contributed by atoms with Crippen LogP contribution in [0.5, 0.6) is 0 Å². The first-order valence-corrected chi connectivity index (χ1v) is 11.0. The molecule has 0 aliphatic carbocycles. The number of rotatable bonds is 7. The van der Waals surface area contributed by atoms with E-state index in [2.05, 4.69) is 10.5 Å². The van der Waals surface area contributed by atoms with E-state index < -0.39 is 33.4 Å².